The number of carbonyl (C=O) groups is 1. The fourth-order valence-electron chi connectivity index (χ4n) is 3.04. The zero-order valence-corrected chi connectivity index (χ0v) is 15.4. The van der Waals surface area contributed by atoms with Crippen LogP contribution in [-0.2, 0) is 6.18 Å². The Balaban J connectivity index is 1.74. The number of fused-ring (bicyclic) bond motifs is 1. The van der Waals surface area contributed by atoms with E-state index in [0.717, 1.165) is 25.0 Å². The second kappa shape index (κ2) is 7.38. The highest BCUT2D eigenvalue weighted by atomic mass is 19.4. The summed E-state index contributed by atoms with van der Waals surface area (Å²) >= 11 is 0. The molecule has 1 N–H and O–H groups in total. The number of hydrogen-bond acceptors (Lipinski definition) is 3. The minimum absolute atomic E-state index is 0.0500. The molecule has 32 heavy (non-hydrogen) atoms. The maximum atomic E-state index is 14.0. The monoisotopic (exact) mass is 468 g/mol. The van der Waals surface area contributed by atoms with Crippen LogP contribution in [0.1, 0.15) is 52.6 Å². The first-order valence-corrected chi connectivity index (χ1v) is 8.83. The Morgan fingerprint density at radius 1 is 1.03 bits per heavy atom. The molecule has 1 aromatic carbocycles. The number of nitrogens with one attached hydrogen (secondary N) is 1. The van der Waals surface area contributed by atoms with Crippen molar-refractivity contribution in [3.63, 3.8) is 0 Å². The van der Waals surface area contributed by atoms with Crippen LogP contribution in [0, 0.1) is 23.3 Å². The van der Waals surface area contributed by atoms with E-state index in [1.54, 1.807) is 0 Å². The summed E-state index contributed by atoms with van der Waals surface area (Å²) in [5.74, 6) is -12.1. The van der Waals surface area contributed by atoms with Crippen molar-refractivity contribution in [2.24, 2.45) is 0 Å². The summed E-state index contributed by atoms with van der Waals surface area (Å²) in [5.41, 5.74) is -5.89. The van der Waals surface area contributed by atoms with E-state index in [-0.39, 0.29) is 11.6 Å². The lowest BCUT2D eigenvalue weighted by molar-refractivity contribution is -0.143. The molecule has 2 aromatic heterocycles. The van der Waals surface area contributed by atoms with Gasteiger partial charge in [0, 0.05) is 17.7 Å². The van der Waals surface area contributed by atoms with Gasteiger partial charge in [0.15, 0.2) is 34.6 Å². The lowest BCUT2D eigenvalue weighted by atomic mass is 10.1. The van der Waals surface area contributed by atoms with Crippen molar-refractivity contribution in [1.82, 2.24) is 14.6 Å². The van der Waals surface area contributed by atoms with Crippen molar-refractivity contribution in [1.29, 1.82) is 0 Å². The van der Waals surface area contributed by atoms with Crippen molar-refractivity contribution in [3.05, 3.63) is 58.0 Å². The number of aromatic nitrogens is 3. The zero-order chi connectivity index (χ0) is 23.5. The maximum absolute atomic E-state index is 14.0. The highest BCUT2D eigenvalue weighted by Crippen LogP contribution is 2.40. The van der Waals surface area contributed by atoms with E-state index in [1.165, 1.54) is 5.32 Å². The topological polar surface area (TPSA) is 59.3 Å². The molecule has 1 saturated carbocycles. The van der Waals surface area contributed by atoms with Gasteiger partial charge in [-0.3, -0.25) is 4.79 Å². The number of carbonyl (C=O) groups excluding carboxylic acids is 1. The highest BCUT2D eigenvalue weighted by molar-refractivity contribution is 6.03. The molecule has 0 atom stereocenters. The van der Waals surface area contributed by atoms with Crippen LogP contribution in [-0.4, -0.2) is 20.5 Å². The second-order valence-corrected chi connectivity index (χ2v) is 6.94. The van der Waals surface area contributed by atoms with Crippen LogP contribution in [0.25, 0.3) is 5.65 Å². The van der Waals surface area contributed by atoms with Crippen molar-refractivity contribution in [3.8, 4) is 0 Å². The number of rotatable bonds is 4. The molecule has 0 bridgehead atoms. The number of amides is 1. The van der Waals surface area contributed by atoms with E-state index in [0.29, 0.717) is 10.2 Å². The molecule has 1 aliphatic rings. The smallest absolute Gasteiger partial charge is 0.315 e. The number of nitrogens with zero attached hydrogens (tertiary/aromatic N) is 3. The molecular formula is C18H9F9N4O. The van der Waals surface area contributed by atoms with Crippen LogP contribution >= 0.6 is 0 Å². The molecule has 0 aliphatic heterocycles. The first kappa shape index (κ1) is 21.9. The summed E-state index contributed by atoms with van der Waals surface area (Å²) in [6.07, 6.45) is -7.34. The predicted molar refractivity (Wildman–Crippen MR) is 89.1 cm³/mol. The van der Waals surface area contributed by atoms with Crippen LogP contribution in [0.3, 0.4) is 0 Å². The Labute approximate surface area is 171 Å². The molecule has 0 radical (unpaired) electrons. The van der Waals surface area contributed by atoms with Gasteiger partial charge in [0.1, 0.15) is 16.9 Å². The molecule has 1 fully saturated rings. The quantitative estimate of drug-likeness (QED) is 0.414. The van der Waals surface area contributed by atoms with Gasteiger partial charge in [-0.25, -0.2) is 35.8 Å². The molecule has 14 heteroatoms. The fourth-order valence-corrected chi connectivity index (χ4v) is 3.04. The number of alkyl halides is 5. The standard InChI is InChI=1S/C18H9F9N4O/c19-11-10(18(25,26)27)12(20)14(22)15(13(11)21)29-17(32)7-4-9-28-6(5-1-2-5)3-8(16(23)24)31(9)30-7/h3-5,16H,1-2H2,(H,29,32). The molecule has 170 valence electrons. The zero-order valence-electron chi connectivity index (χ0n) is 15.4. The minimum Gasteiger partial charge on any atom is -0.315 e. The van der Waals surface area contributed by atoms with Gasteiger partial charge in [-0.1, -0.05) is 0 Å². The molecule has 0 saturated heterocycles. The van der Waals surface area contributed by atoms with E-state index in [1.807, 2.05) is 0 Å². The third-order valence-corrected chi connectivity index (χ3v) is 4.71. The van der Waals surface area contributed by atoms with Crippen LogP contribution in [0.15, 0.2) is 12.1 Å². The highest BCUT2D eigenvalue weighted by Gasteiger charge is 2.42. The summed E-state index contributed by atoms with van der Waals surface area (Å²) in [6, 6.07) is 1.96. The van der Waals surface area contributed by atoms with Gasteiger partial charge < -0.3 is 5.32 Å². The van der Waals surface area contributed by atoms with E-state index < -0.39 is 64.4 Å². The minimum atomic E-state index is -5.75. The fraction of sp³-hybridized carbons (Fsp3) is 0.278. The SMILES string of the molecule is O=C(Nc1c(F)c(F)c(C(F)(F)F)c(F)c1F)c1cc2nc(C3CC3)cc(C(F)F)n2n1. The molecule has 2 heterocycles. The van der Waals surface area contributed by atoms with Gasteiger partial charge >= 0.3 is 6.18 Å². The Bertz CT molecular complexity index is 1220. The summed E-state index contributed by atoms with van der Waals surface area (Å²) < 4.78 is 121. The summed E-state index contributed by atoms with van der Waals surface area (Å²) in [7, 11) is 0. The molecule has 3 aromatic rings. The molecular weight excluding hydrogens is 459 g/mol. The molecule has 1 aliphatic carbocycles. The number of hydrogen-bond donors (Lipinski definition) is 1. The van der Waals surface area contributed by atoms with E-state index in [4.69, 9.17) is 0 Å². The van der Waals surface area contributed by atoms with Gasteiger partial charge in [-0.15, -0.1) is 0 Å². The average Bonchev–Trinajstić information content (AvgIpc) is 3.46. The first-order chi connectivity index (χ1) is 14.9. The van der Waals surface area contributed by atoms with E-state index >= 15 is 0 Å². The van der Waals surface area contributed by atoms with Crippen molar-refractivity contribution < 1.29 is 44.3 Å². The maximum Gasteiger partial charge on any atom is 0.422 e. The first-order valence-electron chi connectivity index (χ1n) is 8.83. The Morgan fingerprint density at radius 3 is 2.12 bits per heavy atom. The van der Waals surface area contributed by atoms with Crippen molar-refractivity contribution >= 4 is 17.2 Å². The molecule has 1 amide bonds. The third kappa shape index (κ3) is 3.62. The van der Waals surface area contributed by atoms with Gasteiger partial charge in [0.05, 0.1) is 0 Å². The number of benzene rings is 1. The summed E-state index contributed by atoms with van der Waals surface area (Å²) in [6.45, 7) is 0. The lowest BCUT2D eigenvalue weighted by Gasteiger charge is -2.14. The van der Waals surface area contributed by atoms with Gasteiger partial charge in [-0.2, -0.15) is 18.3 Å². The van der Waals surface area contributed by atoms with Gasteiger partial charge in [0.25, 0.3) is 12.3 Å². The molecule has 5 nitrogen and oxygen atoms in total. The van der Waals surface area contributed by atoms with Gasteiger partial charge in [0.2, 0.25) is 0 Å². The van der Waals surface area contributed by atoms with Crippen LogP contribution in [0.4, 0.5) is 45.2 Å². The van der Waals surface area contributed by atoms with Crippen molar-refractivity contribution in [2.75, 3.05) is 5.32 Å². The molecule has 0 unspecified atom stereocenters. The average molecular weight is 468 g/mol. The van der Waals surface area contributed by atoms with Crippen molar-refractivity contribution in [2.45, 2.75) is 31.4 Å². The number of halogens is 9. The lowest BCUT2D eigenvalue weighted by Crippen LogP contribution is -2.20. The van der Waals surface area contributed by atoms with E-state index in [2.05, 4.69) is 10.1 Å². The van der Waals surface area contributed by atoms with Crippen LogP contribution in [0.2, 0.25) is 0 Å². The normalized spacial score (nSPS) is 14.4. The van der Waals surface area contributed by atoms with E-state index in [9.17, 15) is 44.3 Å². The van der Waals surface area contributed by atoms with Crippen LogP contribution < -0.4 is 5.32 Å². The summed E-state index contributed by atoms with van der Waals surface area (Å²) in [5, 5.41) is 4.95. The second-order valence-electron chi connectivity index (χ2n) is 6.94. The third-order valence-electron chi connectivity index (χ3n) is 4.71. The van der Waals surface area contributed by atoms with Gasteiger partial charge in [-0.05, 0) is 18.9 Å². The predicted octanol–water partition coefficient (Wildman–Crippen LogP) is 5.37. The summed E-state index contributed by atoms with van der Waals surface area (Å²) in [4.78, 5) is 16.4. The van der Waals surface area contributed by atoms with Crippen LogP contribution in [0.5, 0.6) is 0 Å². The number of anilines is 1. The molecule has 4 rings (SSSR count). The Hall–Kier alpha value is -3.32. The molecule has 0 spiro atoms. The Kier molecular flexibility index (Phi) is 5.05. The largest absolute Gasteiger partial charge is 0.422 e. The Morgan fingerprint density at radius 2 is 1.62 bits per heavy atom.